The van der Waals surface area contributed by atoms with Crippen molar-refractivity contribution in [2.75, 3.05) is 4.43 Å². The summed E-state index contributed by atoms with van der Waals surface area (Å²) in [5.74, 6) is 0. The van der Waals surface area contributed by atoms with Crippen molar-refractivity contribution < 1.29 is 0 Å². The van der Waals surface area contributed by atoms with Crippen molar-refractivity contribution in [3.63, 3.8) is 0 Å². The fourth-order valence-electron chi connectivity index (χ4n) is 1.88. The van der Waals surface area contributed by atoms with Gasteiger partial charge in [0.1, 0.15) is 0 Å². The highest BCUT2D eigenvalue weighted by atomic mass is 127. The summed E-state index contributed by atoms with van der Waals surface area (Å²) in [6.07, 6.45) is 3.06. The fourth-order valence-corrected chi connectivity index (χ4v) is 2.46. The van der Waals surface area contributed by atoms with Crippen molar-refractivity contribution in [3.05, 3.63) is 54.1 Å². The van der Waals surface area contributed by atoms with E-state index in [2.05, 4.69) is 65.6 Å². The SMILES string of the molecule is C=Cc1ccc(CCI)c2ccccc12. The van der Waals surface area contributed by atoms with E-state index >= 15 is 0 Å². The zero-order chi connectivity index (χ0) is 10.7. The van der Waals surface area contributed by atoms with Crippen molar-refractivity contribution in [2.24, 2.45) is 0 Å². The number of aryl methyl sites for hydroxylation is 1. The second-order valence-electron chi connectivity index (χ2n) is 3.50. The minimum atomic E-state index is 1.14. The van der Waals surface area contributed by atoms with Gasteiger partial charge in [-0.25, -0.2) is 0 Å². The van der Waals surface area contributed by atoms with Gasteiger partial charge in [0.2, 0.25) is 0 Å². The van der Waals surface area contributed by atoms with Gasteiger partial charge < -0.3 is 0 Å². The third kappa shape index (κ3) is 2.07. The van der Waals surface area contributed by atoms with Gasteiger partial charge in [0.25, 0.3) is 0 Å². The highest BCUT2D eigenvalue weighted by Crippen LogP contribution is 2.24. The molecule has 0 aromatic heterocycles. The van der Waals surface area contributed by atoms with Crippen LogP contribution in [0.3, 0.4) is 0 Å². The second-order valence-corrected chi connectivity index (χ2v) is 4.58. The van der Waals surface area contributed by atoms with Gasteiger partial charge >= 0.3 is 0 Å². The van der Waals surface area contributed by atoms with Gasteiger partial charge in [0.05, 0.1) is 0 Å². The molecule has 0 radical (unpaired) electrons. The predicted octanol–water partition coefficient (Wildman–Crippen LogP) is 4.46. The Balaban J connectivity index is 2.71. The molecule has 0 amide bonds. The van der Waals surface area contributed by atoms with E-state index in [9.17, 15) is 0 Å². The molecule has 0 bridgehead atoms. The zero-order valence-corrected chi connectivity index (χ0v) is 10.7. The number of halogens is 1. The molecule has 0 atom stereocenters. The molecule has 2 aromatic rings. The number of rotatable bonds is 3. The maximum Gasteiger partial charge on any atom is 0.00360 e. The molecular weight excluding hydrogens is 295 g/mol. The number of hydrogen-bond donors (Lipinski definition) is 0. The van der Waals surface area contributed by atoms with Crippen molar-refractivity contribution in [3.8, 4) is 0 Å². The summed E-state index contributed by atoms with van der Waals surface area (Å²) in [7, 11) is 0. The van der Waals surface area contributed by atoms with Crippen LogP contribution in [-0.4, -0.2) is 4.43 Å². The first-order chi connectivity index (χ1) is 7.36. The maximum atomic E-state index is 3.86. The maximum absolute atomic E-state index is 3.86. The Hall–Kier alpha value is -0.830. The molecule has 15 heavy (non-hydrogen) atoms. The molecule has 0 N–H and O–H groups in total. The number of fused-ring (bicyclic) bond motifs is 1. The summed E-state index contributed by atoms with van der Waals surface area (Å²) < 4.78 is 1.16. The largest absolute Gasteiger partial charge is 0.0984 e. The molecule has 1 heteroatoms. The molecule has 0 aliphatic heterocycles. The Morgan fingerprint density at radius 3 is 2.47 bits per heavy atom. The average molecular weight is 308 g/mol. The number of benzene rings is 2. The van der Waals surface area contributed by atoms with Crippen LogP contribution in [0.5, 0.6) is 0 Å². The van der Waals surface area contributed by atoms with E-state index in [1.807, 2.05) is 6.08 Å². The summed E-state index contributed by atoms with van der Waals surface area (Å²) in [5.41, 5.74) is 2.66. The molecule has 2 aromatic carbocycles. The lowest BCUT2D eigenvalue weighted by Crippen LogP contribution is -1.89. The number of alkyl halides is 1. The van der Waals surface area contributed by atoms with Gasteiger partial charge in [-0.15, -0.1) is 0 Å². The summed E-state index contributed by atoms with van der Waals surface area (Å²) in [6, 6.07) is 12.9. The lowest BCUT2D eigenvalue weighted by Gasteiger charge is -2.07. The van der Waals surface area contributed by atoms with Gasteiger partial charge in [-0.2, -0.15) is 0 Å². The lowest BCUT2D eigenvalue weighted by molar-refractivity contribution is 1.20. The van der Waals surface area contributed by atoms with Crippen molar-refractivity contribution >= 4 is 39.4 Å². The van der Waals surface area contributed by atoms with E-state index in [1.54, 1.807) is 0 Å². The quantitative estimate of drug-likeness (QED) is 0.580. The van der Waals surface area contributed by atoms with E-state index in [-0.39, 0.29) is 0 Å². The van der Waals surface area contributed by atoms with E-state index in [0.717, 1.165) is 10.8 Å². The molecule has 0 heterocycles. The minimum absolute atomic E-state index is 1.14. The van der Waals surface area contributed by atoms with Crippen LogP contribution in [-0.2, 0) is 6.42 Å². The molecule has 0 aliphatic carbocycles. The van der Waals surface area contributed by atoms with E-state index in [1.165, 1.54) is 21.9 Å². The second kappa shape index (κ2) is 4.79. The molecule has 0 unspecified atom stereocenters. The number of hydrogen-bond acceptors (Lipinski definition) is 0. The Labute approximate surface area is 104 Å². The topological polar surface area (TPSA) is 0 Å². The predicted molar refractivity (Wildman–Crippen MR) is 76.6 cm³/mol. The standard InChI is InChI=1S/C14H13I/c1-2-11-7-8-12(9-10-15)14-6-4-3-5-13(11)14/h2-8H,1,9-10H2. The van der Waals surface area contributed by atoms with Gasteiger partial charge in [-0.3, -0.25) is 0 Å². The van der Waals surface area contributed by atoms with Crippen LogP contribution in [0.25, 0.3) is 16.8 Å². The van der Waals surface area contributed by atoms with E-state index in [0.29, 0.717) is 0 Å². The molecule has 76 valence electrons. The van der Waals surface area contributed by atoms with E-state index in [4.69, 9.17) is 0 Å². The Morgan fingerprint density at radius 1 is 1.07 bits per heavy atom. The first-order valence-electron chi connectivity index (χ1n) is 5.06. The highest BCUT2D eigenvalue weighted by Gasteiger charge is 2.02. The van der Waals surface area contributed by atoms with Gasteiger partial charge in [0, 0.05) is 4.43 Å². The summed E-state index contributed by atoms with van der Waals surface area (Å²) >= 11 is 2.42. The van der Waals surface area contributed by atoms with Gasteiger partial charge in [-0.05, 0) is 28.3 Å². The van der Waals surface area contributed by atoms with Crippen LogP contribution in [0.15, 0.2) is 43.0 Å². The molecular formula is C14H13I. The lowest BCUT2D eigenvalue weighted by atomic mass is 9.98. The Bertz CT molecular complexity index is 486. The van der Waals surface area contributed by atoms with Gasteiger partial charge in [0.15, 0.2) is 0 Å². The molecule has 0 nitrogen and oxygen atoms in total. The normalized spacial score (nSPS) is 10.5. The third-order valence-electron chi connectivity index (χ3n) is 2.63. The van der Waals surface area contributed by atoms with E-state index < -0.39 is 0 Å². The van der Waals surface area contributed by atoms with Crippen LogP contribution < -0.4 is 0 Å². The summed E-state index contributed by atoms with van der Waals surface area (Å²) in [4.78, 5) is 0. The molecule has 0 spiro atoms. The van der Waals surface area contributed by atoms with Gasteiger partial charge in [-0.1, -0.05) is 71.6 Å². The molecule has 0 saturated heterocycles. The fraction of sp³-hybridized carbons (Fsp3) is 0.143. The Kier molecular flexibility index (Phi) is 3.41. The third-order valence-corrected chi connectivity index (χ3v) is 3.17. The van der Waals surface area contributed by atoms with Crippen molar-refractivity contribution in [1.82, 2.24) is 0 Å². The van der Waals surface area contributed by atoms with Crippen LogP contribution in [0.4, 0.5) is 0 Å². The van der Waals surface area contributed by atoms with Crippen LogP contribution in [0, 0.1) is 0 Å². The first kappa shape index (κ1) is 10.7. The minimum Gasteiger partial charge on any atom is -0.0984 e. The monoisotopic (exact) mass is 308 g/mol. The highest BCUT2D eigenvalue weighted by molar-refractivity contribution is 14.1. The summed E-state index contributed by atoms with van der Waals surface area (Å²) in [6.45, 7) is 3.86. The van der Waals surface area contributed by atoms with Crippen LogP contribution in [0.2, 0.25) is 0 Å². The molecule has 0 fully saturated rings. The smallest absolute Gasteiger partial charge is 0.00360 e. The summed E-state index contributed by atoms with van der Waals surface area (Å²) in [5, 5.41) is 2.68. The molecule has 2 rings (SSSR count). The van der Waals surface area contributed by atoms with Crippen molar-refractivity contribution in [1.29, 1.82) is 0 Å². The molecule has 0 aliphatic rings. The molecule has 0 saturated carbocycles. The van der Waals surface area contributed by atoms with Crippen molar-refractivity contribution in [2.45, 2.75) is 6.42 Å². The zero-order valence-electron chi connectivity index (χ0n) is 8.54. The first-order valence-corrected chi connectivity index (χ1v) is 6.58. The van der Waals surface area contributed by atoms with Crippen LogP contribution >= 0.6 is 22.6 Å². The Morgan fingerprint density at radius 2 is 1.80 bits per heavy atom. The van der Waals surface area contributed by atoms with Crippen LogP contribution in [0.1, 0.15) is 11.1 Å². The average Bonchev–Trinajstić information content (AvgIpc) is 2.30.